The Hall–Kier alpha value is -1.23. The van der Waals surface area contributed by atoms with Gasteiger partial charge in [0.1, 0.15) is 0 Å². The van der Waals surface area contributed by atoms with E-state index in [4.69, 9.17) is 4.74 Å². The molecule has 2 rings (SSSR count). The SMILES string of the molecule is CS(=O)(=O)N(CCC(=O)N1CCN(C=O)CC1)CCN1CCOCC1. The molecule has 0 aromatic heterocycles. The number of rotatable bonds is 8. The van der Waals surface area contributed by atoms with Crippen LogP contribution in [0.5, 0.6) is 0 Å². The van der Waals surface area contributed by atoms with E-state index in [-0.39, 0.29) is 18.9 Å². The van der Waals surface area contributed by atoms with Crippen LogP contribution < -0.4 is 0 Å². The lowest BCUT2D eigenvalue weighted by molar-refractivity contribution is -0.135. The van der Waals surface area contributed by atoms with Crippen LogP contribution in [0.15, 0.2) is 0 Å². The van der Waals surface area contributed by atoms with Gasteiger partial charge in [-0.2, -0.15) is 0 Å². The van der Waals surface area contributed by atoms with Crippen molar-refractivity contribution in [2.24, 2.45) is 0 Å². The van der Waals surface area contributed by atoms with Gasteiger partial charge in [0.25, 0.3) is 0 Å². The maximum absolute atomic E-state index is 12.3. The van der Waals surface area contributed by atoms with Crippen molar-refractivity contribution in [1.29, 1.82) is 0 Å². The first-order valence-electron chi connectivity index (χ1n) is 8.62. The summed E-state index contributed by atoms with van der Waals surface area (Å²) < 4.78 is 30.6. The lowest BCUT2D eigenvalue weighted by Gasteiger charge is -2.33. The molecule has 2 saturated heterocycles. The molecule has 144 valence electrons. The van der Waals surface area contributed by atoms with E-state index < -0.39 is 10.0 Å². The minimum Gasteiger partial charge on any atom is -0.379 e. The topological polar surface area (TPSA) is 90.5 Å². The molecule has 0 spiro atoms. The van der Waals surface area contributed by atoms with E-state index >= 15 is 0 Å². The average Bonchev–Trinajstić information content (AvgIpc) is 2.61. The number of morpholine rings is 1. The molecule has 0 aliphatic carbocycles. The molecule has 0 N–H and O–H groups in total. The van der Waals surface area contributed by atoms with Crippen LogP contribution in [0, 0.1) is 0 Å². The molecule has 0 unspecified atom stereocenters. The van der Waals surface area contributed by atoms with Gasteiger partial charge in [-0.25, -0.2) is 12.7 Å². The molecule has 0 atom stereocenters. The Morgan fingerprint density at radius 3 is 2.28 bits per heavy atom. The quantitative estimate of drug-likeness (QED) is 0.468. The molecule has 0 aromatic carbocycles. The minimum absolute atomic E-state index is 0.0643. The molecule has 2 aliphatic heterocycles. The van der Waals surface area contributed by atoms with Crippen molar-refractivity contribution in [1.82, 2.24) is 19.0 Å². The number of amides is 2. The third-order valence-corrected chi connectivity index (χ3v) is 5.93. The van der Waals surface area contributed by atoms with Crippen LogP contribution in [-0.2, 0) is 24.3 Å². The number of ether oxygens (including phenoxy) is 1. The van der Waals surface area contributed by atoms with Gasteiger partial charge in [-0.15, -0.1) is 0 Å². The Labute approximate surface area is 149 Å². The molecule has 0 radical (unpaired) electrons. The number of piperazine rings is 1. The highest BCUT2D eigenvalue weighted by atomic mass is 32.2. The van der Waals surface area contributed by atoms with Crippen molar-refractivity contribution in [2.75, 3.05) is 78.4 Å². The number of carbonyl (C=O) groups excluding carboxylic acids is 2. The molecule has 0 aromatic rings. The third-order valence-electron chi connectivity index (χ3n) is 4.63. The standard InChI is InChI=1S/C15H28N4O5S/c1-25(22,23)19(9-6-16-10-12-24-13-11-16)3-2-15(21)18-7-4-17(14-20)5-8-18/h14H,2-13H2,1H3. The van der Waals surface area contributed by atoms with Crippen LogP contribution >= 0.6 is 0 Å². The number of sulfonamides is 1. The highest BCUT2D eigenvalue weighted by Crippen LogP contribution is 2.06. The fraction of sp³-hybridized carbons (Fsp3) is 0.867. The average molecular weight is 376 g/mol. The van der Waals surface area contributed by atoms with Crippen molar-refractivity contribution in [2.45, 2.75) is 6.42 Å². The second-order valence-electron chi connectivity index (χ2n) is 6.39. The van der Waals surface area contributed by atoms with E-state index in [1.807, 2.05) is 0 Å². The van der Waals surface area contributed by atoms with E-state index in [0.29, 0.717) is 52.5 Å². The van der Waals surface area contributed by atoms with Crippen molar-refractivity contribution < 1.29 is 22.7 Å². The Bertz CT molecular complexity index is 542. The molecule has 2 heterocycles. The molecule has 0 bridgehead atoms. The normalized spacial score (nSPS) is 20.1. The van der Waals surface area contributed by atoms with Crippen LogP contribution in [0.4, 0.5) is 0 Å². The predicted molar refractivity (Wildman–Crippen MR) is 92.5 cm³/mol. The molecule has 2 aliphatic rings. The van der Waals surface area contributed by atoms with E-state index in [0.717, 1.165) is 19.5 Å². The first kappa shape index (κ1) is 20.1. The van der Waals surface area contributed by atoms with E-state index in [9.17, 15) is 18.0 Å². The van der Waals surface area contributed by atoms with Crippen molar-refractivity contribution in [3.63, 3.8) is 0 Å². The lowest BCUT2D eigenvalue weighted by Crippen LogP contribution is -2.49. The monoisotopic (exact) mass is 376 g/mol. The zero-order valence-corrected chi connectivity index (χ0v) is 15.6. The van der Waals surface area contributed by atoms with Crippen LogP contribution in [-0.4, -0.2) is 118 Å². The largest absolute Gasteiger partial charge is 0.379 e. The first-order chi connectivity index (χ1) is 11.9. The van der Waals surface area contributed by atoms with Crippen LogP contribution in [0.2, 0.25) is 0 Å². The first-order valence-corrected chi connectivity index (χ1v) is 10.5. The summed E-state index contributed by atoms with van der Waals surface area (Å²) in [5, 5.41) is 0. The van der Waals surface area contributed by atoms with Gasteiger partial charge >= 0.3 is 0 Å². The summed E-state index contributed by atoms with van der Waals surface area (Å²) in [6.07, 6.45) is 2.13. The van der Waals surface area contributed by atoms with E-state index in [1.165, 1.54) is 10.6 Å². The van der Waals surface area contributed by atoms with Crippen LogP contribution in [0.1, 0.15) is 6.42 Å². The number of hydrogen-bond acceptors (Lipinski definition) is 6. The second-order valence-corrected chi connectivity index (χ2v) is 8.37. The maximum atomic E-state index is 12.3. The van der Waals surface area contributed by atoms with E-state index in [2.05, 4.69) is 4.90 Å². The summed E-state index contributed by atoms with van der Waals surface area (Å²) in [5.74, 6) is -0.0643. The number of nitrogens with zero attached hydrogens (tertiary/aromatic N) is 4. The molecule has 2 amide bonds. The minimum atomic E-state index is -3.35. The zero-order chi connectivity index (χ0) is 18.3. The smallest absolute Gasteiger partial charge is 0.224 e. The van der Waals surface area contributed by atoms with E-state index in [1.54, 1.807) is 9.80 Å². The fourth-order valence-corrected chi connectivity index (χ4v) is 3.81. The Balaban J connectivity index is 1.79. The van der Waals surface area contributed by atoms with Gasteiger partial charge in [0.15, 0.2) is 0 Å². The number of hydrogen-bond donors (Lipinski definition) is 0. The summed E-state index contributed by atoms with van der Waals surface area (Å²) in [7, 11) is -3.35. The van der Waals surface area contributed by atoms with Crippen molar-refractivity contribution >= 4 is 22.3 Å². The predicted octanol–water partition coefficient (Wildman–Crippen LogP) is -1.73. The molecular formula is C15H28N4O5S. The fourth-order valence-electron chi connectivity index (χ4n) is 2.98. The van der Waals surface area contributed by atoms with Gasteiger partial charge in [0.2, 0.25) is 22.3 Å². The third kappa shape index (κ3) is 6.53. The molecule has 9 nitrogen and oxygen atoms in total. The summed E-state index contributed by atoms with van der Waals surface area (Å²) in [6, 6.07) is 0. The summed E-state index contributed by atoms with van der Waals surface area (Å²) in [5.41, 5.74) is 0. The van der Waals surface area contributed by atoms with Crippen LogP contribution in [0.25, 0.3) is 0 Å². The summed E-state index contributed by atoms with van der Waals surface area (Å²) in [6.45, 7) is 6.23. The van der Waals surface area contributed by atoms with Gasteiger partial charge in [-0.1, -0.05) is 0 Å². The van der Waals surface area contributed by atoms with Crippen molar-refractivity contribution in [3.05, 3.63) is 0 Å². The van der Waals surface area contributed by atoms with Gasteiger partial charge in [-0.05, 0) is 0 Å². The van der Waals surface area contributed by atoms with Gasteiger partial charge < -0.3 is 14.5 Å². The highest BCUT2D eigenvalue weighted by molar-refractivity contribution is 7.88. The second kappa shape index (κ2) is 9.46. The number of carbonyl (C=O) groups is 2. The highest BCUT2D eigenvalue weighted by Gasteiger charge is 2.23. The maximum Gasteiger partial charge on any atom is 0.224 e. The zero-order valence-electron chi connectivity index (χ0n) is 14.8. The van der Waals surface area contributed by atoms with Gasteiger partial charge in [-0.3, -0.25) is 14.5 Å². The Kier molecular flexibility index (Phi) is 7.60. The van der Waals surface area contributed by atoms with Crippen molar-refractivity contribution in [3.8, 4) is 0 Å². The molecule has 2 fully saturated rings. The molecular weight excluding hydrogens is 348 g/mol. The summed E-state index contributed by atoms with van der Waals surface area (Å²) in [4.78, 5) is 28.5. The van der Waals surface area contributed by atoms with Gasteiger partial charge in [0.05, 0.1) is 19.5 Å². The van der Waals surface area contributed by atoms with Crippen LogP contribution in [0.3, 0.4) is 0 Å². The molecule has 25 heavy (non-hydrogen) atoms. The Morgan fingerprint density at radius 1 is 1.08 bits per heavy atom. The lowest BCUT2D eigenvalue weighted by atomic mass is 10.3. The van der Waals surface area contributed by atoms with Gasteiger partial charge in [0, 0.05) is 65.3 Å². The Morgan fingerprint density at radius 2 is 1.72 bits per heavy atom. The molecule has 10 heteroatoms. The molecule has 0 saturated carbocycles. The summed E-state index contributed by atoms with van der Waals surface area (Å²) >= 11 is 0.